The monoisotopic (exact) mass is 333 g/mol. The molecule has 1 amide bonds. The molecule has 130 valence electrons. The highest BCUT2D eigenvalue weighted by Gasteiger charge is 2.07. The molecule has 0 bridgehead atoms. The summed E-state index contributed by atoms with van der Waals surface area (Å²) in [5.74, 6) is 2.07. The van der Waals surface area contributed by atoms with Crippen LogP contribution in [0.5, 0.6) is 17.2 Å². The number of amides is 1. The van der Waals surface area contributed by atoms with Crippen molar-refractivity contribution in [3.05, 3.63) is 48.0 Å². The molecule has 0 heterocycles. The Hall–Kier alpha value is -2.73. The first kappa shape index (κ1) is 19.3. The largest absolute Gasteiger partial charge is 0.497 e. The van der Waals surface area contributed by atoms with Gasteiger partial charge < -0.3 is 25.0 Å². The molecule has 0 spiro atoms. The number of methoxy groups -OCH3 is 3. The lowest BCUT2D eigenvalue weighted by molar-refractivity contribution is -0.116. The number of nitrogens with one attached hydrogen (secondary N) is 1. The van der Waals surface area contributed by atoms with E-state index >= 15 is 0 Å². The normalized spacial score (nSPS) is 9.62. The van der Waals surface area contributed by atoms with Crippen LogP contribution in [0.15, 0.2) is 42.5 Å². The fourth-order valence-electron chi connectivity index (χ4n) is 2.19. The van der Waals surface area contributed by atoms with Crippen molar-refractivity contribution in [1.29, 1.82) is 0 Å². The Balaban J connectivity index is 0.00000288. The molecule has 6 nitrogen and oxygen atoms in total. The highest BCUT2D eigenvalue weighted by molar-refractivity contribution is 5.90. The van der Waals surface area contributed by atoms with E-state index in [0.717, 1.165) is 17.0 Å². The minimum absolute atomic E-state index is 0. The van der Waals surface area contributed by atoms with Gasteiger partial charge >= 0.3 is 0 Å². The number of aryl methyl sites for hydroxylation is 1. The zero-order chi connectivity index (χ0) is 16.7. The van der Waals surface area contributed by atoms with Gasteiger partial charge in [-0.05, 0) is 48.4 Å². The van der Waals surface area contributed by atoms with Crippen LogP contribution in [0.25, 0.3) is 0 Å². The molecule has 0 aliphatic rings. The highest BCUT2D eigenvalue weighted by Crippen LogP contribution is 2.28. The predicted octanol–water partition coefficient (Wildman–Crippen LogP) is 2.46. The number of rotatable bonds is 7. The Morgan fingerprint density at radius 3 is 2.17 bits per heavy atom. The Morgan fingerprint density at radius 2 is 1.58 bits per heavy atom. The van der Waals surface area contributed by atoms with Gasteiger partial charge in [0.2, 0.25) is 5.91 Å². The quantitative estimate of drug-likeness (QED) is 0.843. The standard InChI is InChI=1S/C18H21NO4.H2O/c1-21-15-8-6-14(7-9-15)19-18(20)11-5-13-4-10-16(22-2)17(12-13)23-3;/h4,6-10,12H,5,11H2,1-3H3,(H,19,20);1H2. The molecule has 6 heteroatoms. The molecule has 24 heavy (non-hydrogen) atoms. The topological polar surface area (TPSA) is 88.3 Å². The average molecular weight is 333 g/mol. The third-order valence-corrected chi connectivity index (χ3v) is 3.46. The molecule has 3 N–H and O–H groups in total. The molecule has 2 rings (SSSR count). The molecule has 0 atom stereocenters. The van der Waals surface area contributed by atoms with E-state index in [1.54, 1.807) is 21.3 Å². The van der Waals surface area contributed by atoms with Crippen LogP contribution in [0.3, 0.4) is 0 Å². The number of anilines is 1. The molecule has 0 saturated carbocycles. The number of carbonyl (C=O) groups is 1. The molecule has 0 radical (unpaired) electrons. The number of ether oxygens (including phenoxy) is 3. The number of hydrogen-bond acceptors (Lipinski definition) is 4. The fourth-order valence-corrected chi connectivity index (χ4v) is 2.19. The van der Waals surface area contributed by atoms with Crippen molar-refractivity contribution < 1.29 is 24.5 Å². The SMILES string of the molecule is COc1ccc(NC(=O)CCc2ccc(OC)c(OC)c2)cc1.O. The third kappa shape index (κ3) is 5.17. The van der Waals surface area contributed by atoms with Gasteiger partial charge in [-0.2, -0.15) is 0 Å². The van der Waals surface area contributed by atoms with Crippen molar-refractivity contribution in [1.82, 2.24) is 0 Å². The van der Waals surface area contributed by atoms with E-state index in [2.05, 4.69) is 5.32 Å². The summed E-state index contributed by atoms with van der Waals surface area (Å²) in [6.45, 7) is 0. The molecular weight excluding hydrogens is 310 g/mol. The van der Waals surface area contributed by atoms with Crippen molar-refractivity contribution in [3.63, 3.8) is 0 Å². The highest BCUT2D eigenvalue weighted by atomic mass is 16.5. The van der Waals surface area contributed by atoms with Crippen LogP contribution in [-0.2, 0) is 11.2 Å². The van der Waals surface area contributed by atoms with E-state index in [-0.39, 0.29) is 11.4 Å². The minimum Gasteiger partial charge on any atom is -0.497 e. The summed E-state index contributed by atoms with van der Waals surface area (Å²) in [4.78, 5) is 12.0. The van der Waals surface area contributed by atoms with Gasteiger partial charge in [-0.15, -0.1) is 0 Å². The Bertz CT molecular complexity index is 655. The second-order valence-electron chi connectivity index (χ2n) is 4.97. The average Bonchev–Trinajstić information content (AvgIpc) is 2.60. The summed E-state index contributed by atoms with van der Waals surface area (Å²) in [6.07, 6.45) is 1.02. The number of benzene rings is 2. The third-order valence-electron chi connectivity index (χ3n) is 3.46. The van der Waals surface area contributed by atoms with Crippen LogP contribution < -0.4 is 19.5 Å². The van der Waals surface area contributed by atoms with Crippen molar-refractivity contribution in [3.8, 4) is 17.2 Å². The number of carbonyl (C=O) groups excluding carboxylic acids is 1. The van der Waals surface area contributed by atoms with Crippen LogP contribution in [0, 0.1) is 0 Å². The lowest BCUT2D eigenvalue weighted by Gasteiger charge is -2.10. The number of hydrogen-bond donors (Lipinski definition) is 1. The van der Waals surface area contributed by atoms with Crippen molar-refractivity contribution in [2.24, 2.45) is 0 Å². The molecule has 0 saturated heterocycles. The van der Waals surface area contributed by atoms with E-state index in [0.29, 0.717) is 24.3 Å². The van der Waals surface area contributed by atoms with Gasteiger partial charge in [-0.3, -0.25) is 4.79 Å². The van der Waals surface area contributed by atoms with Crippen molar-refractivity contribution in [2.75, 3.05) is 26.6 Å². The smallest absolute Gasteiger partial charge is 0.224 e. The molecule has 0 unspecified atom stereocenters. The zero-order valence-electron chi connectivity index (χ0n) is 14.1. The summed E-state index contributed by atoms with van der Waals surface area (Å²) in [7, 11) is 4.80. The van der Waals surface area contributed by atoms with Gasteiger partial charge in [0.25, 0.3) is 0 Å². The molecule has 0 fully saturated rings. The maximum Gasteiger partial charge on any atom is 0.224 e. The zero-order valence-corrected chi connectivity index (χ0v) is 14.1. The Kier molecular flexibility index (Phi) is 7.58. The summed E-state index contributed by atoms with van der Waals surface area (Å²) in [6, 6.07) is 12.9. The molecule has 2 aromatic carbocycles. The second-order valence-corrected chi connectivity index (χ2v) is 4.97. The predicted molar refractivity (Wildman–Crippen MR) is 93.1 cm³/mol. The van der Waals surface area contributed by atoms with Gasteiger partial charge in [0, 0.05) is 12.1 Å². The van der Waals surface area contributed by atoms with Crippen LogP contribution in [0.1, 0.15) is 12.0 Å². The summed E-state index contributed by atoms with van der Waals surface area (Å²) < 4.78 is 15.5. The first-order valence-electron chi connectivity index (χ1n) is 7.31. The van der Waals surface area contributed by atoms with Crippen molar-refractivity contribution >= 4 is 11.6 Å². The summed E-state index contributed by atoms with van der Waals surface area (Å²) in [5, 5.41) is 2.86. The van der Waals surface area contributed by atoms with Crippen LogP contribution >= 0.6 is 0 Å². The Morgan fingerprint density at radius 1 is 0.917 bits per heavy atom. The van der Waals surface area contributed by atoms with Gasteiger partial charge in [-0.1, -0.05) is 6.07 Å². The van der Waals surface area contributed by atoms with Crippen molar-refractivity contribution in [2.45, 2.75) is 12.8 Å². The van der Waals surface area contributed by atoms with E-state index < -0.39 is 0 Å². The maximum absolute atomic E-state index is 12.0. The Labute approximate surface area is 141 Å². The first-order chi connectivity index (χ1) is 11.2. The van der Waals surface area contributed by atoms with Crippen LogP contribution in [0.2, 0.25) is 0 Å². The maximum atomic E-state index is 12.0. The van der Waals surface area contributed by atoms with E-state index in [4.69, 9.17) is 14.2 Å². The molecule has 2 aromatic rings. The van der Waals surface area contributed by atoms with E-state index in [1.165, 1.54) is 0 Å². The molecular formula is C18H23NO5. The van der Waals surface area contributed by atoms with Gasteiger partial charge in [0.05, 0.1) is 21.3 Å². The van der Waals surface area contributed by atoms with Gasteiger partial charge in [-0.25, -0.2) is 0 Å². The van der Waals surface area contributed by atoms with Crippen LogP contribution in [-0.4, -0.2) is 32.7 Å². The molecule has 0 aromatic heterocycles. The van der Waals surface area contributed by atoms with E-state index in [1.807, 2.05) is 42.5 Å². The van der Waals surface area contributed by atoms with E-state index in [9.17, 15) is 4.79 Å². The lowest BCUT2D eigenvalue weighted by Crippen LogP contribution is -2.12. The van der Waals surface area contributed by atoms with Crippen LogP contribution in [0.4, 0.5) is 5.69 Å². The second kappa shape index (κ2) is 9.42. The molecule has 0 aliphatic carbocycles. The lowest BCUT2D eigenvalue weighted by atomic mass is 10.1. The van der Waals surface area contributed by atoms with Gasteiger partial charge in [0.1, 0.15) is 5.75 Å². The summed E-state index contributed by atoms with van der Waals surface area (Å²) in [5.41, 5.74) is 1.77. The fraction of sp³-hybridized carbons (Fsp3) is 0.278. The summed E-state index contributed by atoms with van der Waals surface area (Å²) >= 11 is 0. The molecule has 0 aliphatic heterocycles. The first-order valence-corrected chi connectivity index (χ1v) is 7.31. The minimum atomic E-state index is -0.0371. The van der Waals surface area contributed by atoms with Gasteiger partial charge in [0.15, 0.2) is 11.5 Å².